The maximum absolute atomic E-state index is 8.59. The first kappa shape index (κ1) is 11.1. The van der Waals surface area contributed by atoms with Gasteiger partial charge in [-0.15, -0.1) is 6.42 Å². The van der Waals surface area contributed by atoms with Gasteiger partial charge < -0.3 is 16.3 Å². The van der Waals surface area contributed by atoms with E-state index in [0.717, 1.165) is 5.56 Å². The lowest BCUT2D eigenvalue weighted by atomic mass is 10.1. The molecule has 0 heterocycles. The van der Waals surface area contributed by atoms with Gasteiger partial charge >= 0.3 is 0 Å². The maximum Gasteiger partial charge on any atom is 0.170 e. The Morgan fingerprint density at radius 3 is 2.93 bits per heavy atom. The van der Waals surface area contributed by atoms with Crippen LogP contribution < -0.4 is 11.1 Å². The zero-order chi connectivity index (χ0) is 11.1. The SMILES string of the molecule is C#CCNCc1ccccc1C(N)=NO. The molecule has 78 valence electrons. The summed E-state index contributed by atoms with van der Waals surface area (Å²) in [6.45, 7) is 1.08. The van der Waals surface area contributed by atoms with Crippen LogP contribution in [-0.2, 0) is 6.54 Å². The first-order chi connectivity index (χ1) is 7.29. The highest BCUT2D eigenvalue weighted by Crippen LogP contribution is 2.07. The summed E-state index contributed by atoms with van der Waals surface area (Å²) in [5.74, 6) is 2.58. The van der Waals surface area contributed by atoms with Crippen molar-refractivity contribution < 1.29 is 5.21 Å². The van der Waals surface area contributed by atoms with Crippen molar-refractivity contribution in [2.45, 2.75) is 6.54 Å². The van der Waals surface area contributed by atoms with Gasteiger partial charge in [0.1, 0.15) is 0 Å². The fourth-order valence-corrected chi connectivity index (χ4v) is 1.25. The molecule has 0 saturated carbocycles. The van der Waals surface area contributed by atoms with Gasteiger partial charge in [0.15, 0.2) is 5.84 Å². The third-order valence-electron chi connectivity index (χ3n) is 1.94. The minimum Gasteiger partial charge on any atom is -0.409 e. The van der Waals surface area contributed by atoms with E-state index in [1.54, 1.807) is 6.07 Å². The number of nitrogens with one attached hydrogen (secondary N) is 1. The van der Waals surface area contributed by atoms with Crippen LogP contribution in [0.5, 0.6) is 0 Å². The van der Waals surface area contributed by atoms with E-state index in [1.807, 2.05) is 18.2 Å². The maximum atomic E-state index is 8.59. The Hall–Kier alpha value is -1.99. The molecule has 0 amide bonds. The molecule has 15 heavy (non-hydrogen) atoms. The number of terminal acetylenes is 1. The average Bonchev–Trinajstić information content (AvgIpc) is 2.29. The smallest absolute Gasteiger partial charge is 0.170 e. The van der Waals surface area contributed by atoms with Gasteiger partial charge in [0.2, 0.25) is 0 Å². The van der Waals surface area contributed by atoms with Crippen LogP contribution in [-0.4, -0.2) is 17.6 Å². The Labute approximate surface area is 88.8 Å². The van der Waals surface area contributed by atoms with Crippen LogP contribution in [0.2, 0.25) is 0 Å². The Morgan fingerprint density at radius 1 is 1.53 bits per heavy atom. The molecule has 0 aromatic heterocycles. The zero-order valence-corrected chi connectivity index (χ0v) is 8.27. The van der Waals surface area contributed by atoms with E-state index in [4.69, 9.17) is 17.4 Å². The fraction of sp³-hybridized carbons (Fsp3) is 0.182. The summed E-state index contributed by atoms with van der Waals surface area (Å²) in [6.07, 6.45) is 5.12. The number of hydrogen-bond acceptors (Lipinski definition) is 3. The van der Waals surface area contributed by atoms with Gasteiger partial charge in [0, 0.05) is 12.1 Å². The molecule has 0 bridgehead atoms. The molecule has 4 N–H and O–H groups in total. The molecule has 0 aliphatic heterocycles. The standard InChI is InChI=1S/C11H13N3O/c1-2-7-13-8-9-5-3-4-6-10(9)11(12)14-15/h1,3-6,13,15H,7-8H2,(H2,12,14). The Balaban J connectivity index is 2.83. The van der Waals surface area contributed by atoms with Gasteiger partial charge in [-0.1, -0.05) is 35.3 Å². The Kier molecular flexibility index (Phi) is 4.20. The second-order valence-electron chi connectivity index (χ2n) is 2.95. The lowest BCUT2D eigenvalue weighted by Gasteiger charge is -2.07. The van der Waals surface area contributed by atoms with Crippen molar-refractivity contribution in [1.82, 2.24) is 5.32 Å². The molecule has 1 aromatic rings. The first-order valence-electron chi connectivity index (χ1n) is 4.49. The summed E-state index contributed by atoms with van der Waals surface area (Å²) in [7, 11) is 0. The van der Waals surface area contributed by atoms with E-state index in [0.29, 0.717) is 18.7 Å². The normalized spacial score (nSPS) is 11.0. The highest BCUT2D eigenvalue weighted by molar-refractivity contribution is 5.98. The monoisotopic (exact) mass is 203 g/mol. The molecule has 0 aliphatic carbocycles. The molecule has 0 radical (unpaired) electrons. The van der Waals surface area contributed by atoms with E-state index < -0.39 is 0 Å². The molecule has 4 nitrogen and oxygen atoms in total. The number of oxime groups is 1. The second-order valence-corrected chi connectivity index (χ2v) is 2.95. The second kappa shape index (κ2) is 5.68. The molecular formula is C11H13N3O. The minimum absolute atomic E-state index is 0.105. The third-order valence-corrected chi connectivity index (χ3v) is 1.94. The van der Waals surface area contributed by atoms with E-state index in [9.17, 15) is 0 Å². The molecule has 4 heteroatoms. The lowest BCUT2D eigenvalue weighted by Crippen LogP contribution is -2.20. The van der Waals surface area contributed by atoms with E-state index in [-0.39, 0.29) is 5.84 Å². The van der Waals surface area contributed by atoms with Crippen molar-refractivity contribution in [1.29, 1.82) is 0 Å². The average molecular weight is 203 g/mol. The van der Waals surface area contributed by atoms with Gasteiger partial charge in [-0.05, 0) is 5.56 Å². The fourth-order valence-electron chi connectivity index (χ4n) is 1.25. The molecule has 0 atom stereocenters. The van der Waals surface area contributed by atoms with Crippen molar-refractivity contribution in [3.8, 4) is 12.3 Å². The van der Waals surface area contributed by atoms with Crippen molar-refractivity contribution in [2.75, 3.05) is 6.54 Å². The molecule has 0 fully saturated rings. The lowest BCUT2D eigenvalue weighted by molar-refractivity contribution is 0.318. The summed E-state index contributed by atoms with van der Waals surface area (Å²) in [4.78, 5) is 0. The van der Waals surface area contributed by atoms with Gasteiger partial charge in [-0.3, -0.25) is 0 Å². The molecule has 0 spiro atoms. The van der Waals surface area contributed by atoms with Gasteiger partial charge in [0.05, 0.1) is 6.54 Å². The Bertz CT molecular complexity index is 393. The molecule has 1 rings (SSSR count). The molecule has 0 saturated heterocycles. The highest BCUT2D eigenvalue weighted by atomic mass is 16.4. The summed E-state index contributed by atoms with van der Waals surface area (Å²) < 4.78 is 0. The Morgan fingerprint density at radius 2 is 2.27 bits per heavy atom. The third kappa shape index (κ3) is 3.01. The summed E-state index contributed by atoms with van der Waals surface area (Å²) in [5.41, 5.74) is 7.19. The largest absolute Gasteiger partial charge is 0.409 e. The van der Waals surface area contributed by atoms with Crippen LogP contribution in [0.4, 0.5) is 0 Å². The number of nitrogens with zero attached hydrogens (tertiary/aromatic N) is 1. The topological polar surface area (TPSA) is 70.6 Å². The number of rotatable bonds is 4. The predicted octanol–water partition coefficient (Wildman–Crippen LogP) is 0.504. The van der Waals surface area contributed by atoms with E-state index in [2.05, 4.69) is 16.4 Å². The van der Waals surface area contributed by atoms with Crippen LogP contribution >= 0.6 is 0 Å². The quantitative estimate of drug-likeness (QED) is 0.167. The predicted molar refractivity (Wildman–Crippen MR) is 59.5 cm³/mol. The molecule has 0 unspecified atom stereocenters. The van der Waals surface area contributed by atoms with Gasteiger partial charge in [0.25, 0.3) is 0 Å². The summed E-state index contributed by atoms with van der Waals surface area (Å²) >= 11 is 0. The number of benzene rings is 1. The van der Waals surface area contributed by atoms with Crippen LogP contribution in [0.3, 0.4) is 0 Å². The molecule has 1 aromatic carbocycles. The summed E-state index contributed by atoms with van der Waals surface area (Å²) in [5, 5.41) is 14.6. The van der Waals surface area contributed by atoms with Crippen LogP contribution in [0.1, 0.15) is 11.1 Å². The van der Waals surface area contributed by atoms with E-state index >= 15 is 0 Å². The number of amidine groups is 1. The summed E-state index contributed by atoms with van der Waals surface area (Å²) in [6, 6.07) is 7.41. The highest BCUT2D eigenvalue weighted by Gasteiger charge is 2.04. The van der Waals surface area contributed by atoms with Gasteiger partial charge in [-0.2, -0.15) is 0 Å². The van der Waals surface area contributed by atoms with Crippen LogP contribution in [0.15, 0.2) is 29.4 Å². The van der Waals surface area contributed by atoms with Crippen LogP contribution in [0.25, 0.3) is 0 Å². The molecular weight excluding hydrogens is 190 g/mol. The molecule has 0 aliphatic rings. The van der Waals surface area contributed by atoms with Crippen molar-refractivity contribution in [3.05, 3.63) is 35.4 Å². The van der Waals surface area contributed by atoms with Gasteiger partial charge in [-0.25, -0.2) is 0 Å². The van der Waals surface area contributed by atoms with Crippen LogP contribution in [0, 0.1) is 12.3 Å². The van der Waals surface area contributed by atoms with Crippen molar-refractivity contribution in [2.24, 2.45) is 10.9 Å². The van der Waals surface area contributed by atoms with Crippen molar-refractivity contribution in [3.63, 3.8) is 0 Å². The zero-order valence-electron chi connectivity index (χ0n) is 8.27. The first-order valence-corrected chi connectivity index (χ1v) is 4.49. The minimum atomic E-state index is 0.105. The number of nitrogens with two attached hydrogens (primary N) is 1. The number of hydrogen-bond donors (Lipinski definition) is 3. The van der Waals surface area contributed by atoms with Crippen molar-refractivity contribution >= 4 is 5.84 Å². The van der Waals surface area contributed by atoms with E-state index in [1.165, 1.54) is 0 Å².